The van der Waals surface area contributed by atoms with Crippen LogP contribution in [-0.4, -0.2) is 30.1 Å². The number of barbiturate groups is 1. The molecule has 28 heavy (non-hydrogen) atoms. The van der Waals surface area contributed by atoms with Crippen LogP contribution in [0.5, 0.6) is 11.5 Å². The molecule has 2 N–H and O–H groups in total. The highest BCUT2D eigenvalue weighted by molar-refractivity contribution is 6.39. The van der Waals surface area contributed by atoms with E-state index in [0.29, 0.717) is 17.2 Å². The van der Waals surface area contributed by atoms with Gasteiger partial charge in [-0.05, 0) is 47.4 Å². The number of amides is 4. The quantitative estimate of drug-likeness (QED) is 0.627. The Labute approximate surface area is 162 Å². The van der Waals surface area contributed by atoms with Gasteiger partial charge in [-0.3, -0.25) is 14.9 Å². The molecule has 0 aromatic heterocycles. The van der Waals surface area contributed by atoms with E-state index >= 15 is 0 Å². The Morgan fingerprint density at radius 3 is 2.32 bits per heavy atom. The van der Waals surface area contributed by atoms with Gasteiger partial charge in [-0.1, -0.05) is 32.0 Å². The first-order valence-electron chi connectivity index (χ1n) is 8.70. The lowest BCUT2D eigenvalue weighted by Gasteiger charge is -2.26. The summed E-state index contributed by atoms with van der Waals surface area (Å²) in [6.45, 7) is 4.08. The molecular weight excluding hydrogens is 360 g/mol. The van der Waals surface area contributed by atoms with Gasteiger partial charge >= 0.3 is 6.03 Å². The number of ether oxygens (including phenoxy) is 1. The smallest absolute Gasteiger partial charge is 0.335 e. The summed E-state index contributed by atoms with van der Waals surface area (Å²) in [7, 11) is 1.42. The van der Waals surface area contributed by atoms with Crippen LogP contribution in [-0.2, 0) is 9.59 Å². The van der Waals surface area contributed by atoms with Gasteiger partial charge in [0.1, 0.15) is 5.57 Å². The number of anilines is 1. The number of benzene rings is 2. The first-order valence-corrected chi connectivity index (χ1v) is 8.70. The lowest BCUT2D eigenvalue weighted by molar-refractivity contribution is -0.122. The van der Waals surface area contributed by atoms with Crippen molar-refractivity contribution in [3.8, 4) is 11.5 Å². The van der Waals surface area contributed by atoms with Gasteiger partial charge in [-0.25, -0.2) is 9.69 Å². The van der Waals surface area contributed by atoms with Crippen molar-refractivity contribution in [3.63, 3.8) is 0 Å². The highest BCUT2D eigenvalue weighted by atomic mass is 16.5. The first-order chi connectivity index (χ1) is 13.3. The van der Waals surface area contributed by atoms with E-state index in [1.807, 2.05) is 26.0 Å². The Hall–Kier alpha value is -3.61. The van der Waals surface area contributed by atoms with Crippen LogP contribution in [0.15, 0.2) is 48.0 Å². The second-order valence-corrected chi connectivity index (χ2v) is 6.64. The van der Waals surface area contributed by atoms with Crippen LogP contribution in [0.4, 0.5) is 10.5 Å². The summed E-state index contributed by atoms with van der Waals surface area (Å²) >= 11 is 0. The van der Waals surface area contributed by atoms with E-state index in [4.69, 9.17) is 4.74 Å². The van der Waals surface area contributed by atoms with Gasteiger partial charge in [0.15, 0.2) is 11.5 Å². The summed E-state index contributed by atoms with van der Waals surface area (Å²) in [4.78, 5) is 38.3. The Morgan fingerprint density at radius 1 is 1.07 bits per heavy atom. The van der Waals surface area contributed by atoms with Crippen molar-refractivity contribution in [2.45, 2.75) is 19.8 Å². The van der Waals surface area contributed by atoms with E-state index in [9.17, 15) is 19.5 Å². The maximum Gasteiger partial charge on any atom is 0.335 e. The van der Waals surface area contributed by atoms with Gasteiger partial charge in [0.2, 0.25) is 0 Å². The predicted octanol–water partition coefficient (Wildman–Crippen LogP) is 3.19. The van der Waals surface area contributed by atoms with E-state index in [-0.39, 0.29) is 17.1 Å². The van der Waals surface area contributed by atoms with Crippen LogP contribution in [0.2, 0.25) is 0 Å². The molecule has 4 amide bonds. The zero-order chi connectivity index (χ0) is 20.4. The molecule has 0 atom stereocenters. The SMILES string of the molecule is COc1ccc(C=C2C(=O)NC(=O)N(c3ccc(C(C)C)cc3)C2=O)cc1O. The minimum Gasteiger partial charge on any atom is -0.504 e. The normalized spacial score (nSPS) is 15.9. The van der Waals surface area contributed by atoms with Crippen LogP contribution >= 0.6 is 0 Å². The van der Waals surface area contributed by atoms with Gasteiger partial charge in [-0.2, -0.15) is 0 Å². The van der Waals surface area contributed by atoms with Crippen molar-refractivity contribution in [3.05, 3.63) is 59.2 Å². The average molecular weight is 380 g/mol. The molecular formula is C21H20N2O5. The topological polar surface area (TPSA) is 95.9 Å². The number of rotatable bonds is 4. The molecule has 0 radical (unpaired) electrons. The van der Waals surface area contributed by atoms with Gasteiger partial charge in [0.05, 0.1) is 12.8 Å². The summed E-state index contributed by atoms with van der Waals surface area (Å²) < 4.78 is 4.98. The molecule has 0 saturated carbocycles. The largest absolute Gasteiger partial charge is 0.504 e. The molecule has 144 valence electrons. The Balaban J connectivity index is 1.96. The number of nitrogens with zero attached hydrogens (tertiary/aromatic N) is 1. The number of hydrogen-bond donors (Lipinski definition) is 2. The van der Waals surface area contributed by atoms with E-state index in [0.717, 1.165) is 10.5 Å². The van der Waals surface area contributed by atoms with E-state index < -0.39 is 17.8 Å². The summed E-state index contributed by atoms with van der Waals surface area (Å²) in [6, 6.07) is 10.7. The summed E-state index contributed by atoms with van der Waals surface area (Å²) in [5.41, 5.74) is 1.63. The zero-order valence-corrected chi connectivity index (χ0v) is 15.7. The maximum atomic E-state index is 12.9. The van der Waals surface area contributed by atoms with Crippen molar-refractivity contribution in [1.82, 2.24) is 5.32 Å². The lowest BCUT2D eigenvalue weighted by Crippen LogP contribution is -2.54. The number of carbonyl (C=O) groups excluding carboxylic acids is 3. The molecule has 0 spiro atoms. The number of hydrogen-bond acceptors (Lipinski definition) is 5. The Bertz CT molecular complexity index is 977. The van der Waals surface area contributed by atoms with Crippen molar-refractivity contribution < 1.29 is 24.2 Å². The van der Waals surface area contributed by atoms with Crippen molar-refractivity contribution >= 4 is 29.6 Å². The molecule has 2 aromatic rings. The van der Waals surface area contributed by atoms with E-state index in [2.05, 4.69) is 5.32 Å². The van der Waals surface area contributed by atoms with Gasteiger partial charge in [0, 0.05) is 0 Å². The molecule has 1 fully saturated rings. The number of carbonyl (C=O) groups is 3. The Morgan fingerprint density at radius 2 is 1.75 bits per heavy atom. The third kappa shape index (κ3) is 3.59. The number of imide groups is 2. The van der Waals surface area contributed by atoms with E-state index in [1.165, 1.54) is 25.3 Å². The molecule has 7 heteroatoms. The molecule has 1 aliphatic heterocycles. The standard InChI is InChI=1S/C21H20N2O5/c1-12(2)14-5-7-15(8-6-14)23-20(26)16(19(25)22-21(23)27)10-13-4-9-18(28-3)17(24)11-13/h4-12,24H,1-3H3,(H,22,25,27). The maximum absolute atomic E-state index is 12.9. The fourth-order valence-electron chi connectivity index (χ4n) is 2.86. The van der Waals surface area contributed by atoms with Gasteiger partial charge in [0.25, 0.3) is 11.8 Å². The fourth-order valence-corrected chi connectivity index (χ4v) is 2.86. The van der Waals surface area contributed by atoms with Gasteiger partial charge in [-0.15, -0.1) is 0 Å². The number of phenols is 1. The highest BCUT2D eigenvalue weighted by Crippen LogP contribution is 2.28. The summed E-state index contributed by atoms with van der Waals surface area (Å²) in [5, 5.41) is 12.1. The molecule has 3 rings (SSSR count). The molecule has 0 aliphatic carbocycles. The molecule has 0 bridgehead atoms. The van der Waals surface area contributed by atoms with Crippen LogP contribution in [0.3, 0.4) is 0 Å². The van der Waals surface area contributed by atoms with Crippen molar-refractivity contribution in [2.24, 2.45) is 0 Å². The summed E-state index contributed by atoms with van der Waals surface area (Å²) in [5.74, 6) is -1.08. The number of phenolic OH excluding ortho intramolecular Hbond substituents is 1. The third-order valence-corrected chi connectivity index (χ3v) is 4.43. The van der Waals surface area contributed by atoms with Crippen LogP contribution < -0.4 is 15.0 Å². The number of methoxy groups -OCH3 is 1. The van der Waals surface area contributed by atoms with Gasteiger partial charge < -0.3 is 9.84 Å². The van der Waals surface area contributed by atoms with Crippen molar-refractivity contribution in [2.75, 3.05) is 12.0 Å². The number of nitrogens with one attached hydrogen (secondary N) is 1. The predicted molar refractivity (Wildman–Crippen MR) is 104 cm³/mol. The molecule has 1 heterocycles. The van der Waals surface area contributed by atoms with Crippen LogP contribution in [0.1, 0.15) is 30.9 Å². The lowest BCUT2D eigenvalue weighted by atomic mass is 10.0. The fraction of sp³-hybridized carbons (Fsp3) is 0.190. The number of aromatic hydroxyl groups is 1. The summed E-state index contributed by atoms with van der Waals surface area (Å²) in [6.07, 6.45) is 1.32. The molecule has 0 unspecified atom stereocenters. The highest BCUT2D eigenvalue weighted by Gasteiger charge is 2.36. The van der Waals surface area contributed by atoms with E-state index in [1.54, 1.807) is 18.2 Å². The molecule has 1 saturated heterocycles. The minimum atomic E-state index is -0.804. The second-order valence-electron chi connectivity index (χ2n) is 6.64. The van der Waals surface area contributed by atoms with Crippen LogP contribution in [0.25, 0.3) is 6.08 Å². The average Bonchev–Trinajstić information content (AvgIpc) is 2.65. The minimum absolute atomic E-state index is 0.127. The number of urea groups is 1. The monoisotopic (exact) mass is 380 g/mol. The van der Waals surface area contributed by atoms with Crippen LogP contribution in [0, 0.1) is 0 Å². The molecule has 1 aliphatic rings. The molecule has 7 nitrogen and oxygen atoms in total. The Kier molecular flexibility index (Phi) is 5.17. The third-order valence-electron chi connectivity index (χ3n) is 4.43. The first kappa shape index (κ1) is 19.2. The second kappa shape index (κ2) is 7.56. The molecule has 2 aromatic carbocycles. The zero-order valence-electron chi connectivity index (χ0n) is 15.7. The van der Waals surface area contributed by atoms with Crippen molar-refractivity contribution in [1.29, 1.82) is 0 Å².